The molecular formula is C19H32N6O3. The van der Waals surface area contributed by atoms with Crippen molar-refractivity contribution in [1.29, 1.82) is 0 Å². The van der Waals surface area contributed by atoms with Gasteiger partial charge < -0.3 is 20.4 Å². The predicted molar refractivity (Wildman–Crippen MR) is 106 cm³/mol. The third-order valence-electron chi connectivity index (χ3n) is 5.08. The highest BCUT2D eigenvalue weighted by molar-refractivity contribution is 6.01. The zero-order valence-corrected chi connectivity index (χ0v) is 17.7. The fourth-order valence-corrected chi connectivity index (χ4v) is 2.99. The summed E-state index contributed by atoms with van der Waals surface area (Å²) in [6, 6.07) is 1.49. The first-order valence-electron chi connectivity index (χ1n) is 9.63. The Morgan fingerprint density at radius 2 is 1.96 bits per heavy atom. The van der Waals surface area contributed by atoms with E-state index < -0.39 is 5.54 Å². The number of rotatable bonds is 8. The molecule has 0 aliphatic carbocycles. The van der Waals surface area contributed by atoms with Crippen molar-refractivity contribution in [3.05, 3.63) is 17.5 Å². The summed E-state index contributed by atoms with van der Waals surface area (Å²) in [5.74, 6) is -0.401. The average Bonchev–Trinajstić information content (AvgIpc) is 3.02. The number of carbonyl (C=O) groups is 3. The molecule has 1 aliphatic rings. The average molecular weight is 393 g/mol. The van der Waals surface area contributed by atoms with Crippen LogP contribution in [0.3, 0.4) is 0 Å². The Kier molecular flexibility index (Phi) is 6.82. The van der Waals surface area contributed by atoms with Gasteiger partial charge in [0.05, 0.1) is 6.54 Å². The lowest BCUT2D eigenvalue weighted by molar-refractivity contribution is -0.132. The molecule has 2 rings (SSSR count). The summed E-state index contributed by atoms with van der Waals surface area (Å²) < 4.78 is 1.46. The van der Waals surface area contributed by atoms with Crippen LogP contribution in [0.1, 0.15) is 48.2 Å². The van der Waals surface area contributed by atoms with Crippen molar-refractivity contribution < 1.29 is 14.4 Å². The Morgan fingerprint density at radius 1 is 1.29 bits per heavy atom. The molecule has 0 saturated heterocycles. The van der Waals surface area contributed by atoms with Crippen molar-refractivity contribution >= 4 is 17.7 Å². The molecule has 0 bridgehead atoms. The highest BCUT2D eigenvalue weighted by atomic mass is 16.2. The third kappa shape index (κ3) is 4.70. The van der Waals surface area contributed by atoms with Crippen LogP contribution in [0, 0.1) is 5.92 Å². The molecule has 1 aromatic rings. The zero-order valence-electron chi connectivity index (χ0n) is 17.7. The van der Waals surface area contributed by atoms with Crippen LogP contribution in [0.5, 0.6) is 0 Å². The van der Waals surface area contributed by atoms with Gasteiger partial charge in [0, 0.05) is 32.7 Å². The second-order valence-corrected chi connectivity index (χ2v) is 8.21. The molecule has 2 heterocycles. The Balaban J connectivity index is 2.14. The Morgan fingerprint density at radius 3 is 2.57 bits per heavy atom. The molecule has 1 atom stereocenters. The van der Waals surface area contributed by atoms with Gasteiger partial charge in [-0.25, -0.2) is 0 Å². The number of hydrogen-bond donors (Lipinski definition) is 2. The van der Waals surface area contributed by atoms with E-state index in [2.05, 4.69) is 29.6 Å². The van der Waals surface area contributed by atoms with E-state index in [1.165, 1.54) is 15.6 Å². The largest absolute Gasteiger partial charge is 0.354 e. The van der Waals surface area contributed by atoms with Gasteiger partial charge in [-0.1, -0.05) is 13.8 Å². The molecule has 1 unspecified atom stereocenters. The fourth-order valence-electron chi connectivity index (χ4n) is 2.99. The smallest absolute Gasteiger partial charge is 0.272 e. The summed E-state index contributed by atoms with van der Waals surface area (Å²) in [5.41, 5.74) is -0.571. The molecule has 0 spiro atoms. The number of amides is 3. The second kappa shape index (κ2) is 8.72. The van der Waals surface area contributed by atoms with Crippen LogP contribution in [-0.2, 0) is 11.3 Å². The molecule has 9 nitrogen and oxygen atoms in total. The number of fused-ring (bicyclic) bond motifs is 1. The number of hydrogen-bond acceptors (Lipinski definition) is 5. The minimum Gasteiger partial charge on any atom is -0.354 e. The molecule has 0 saturated carbocycles. The standard InChI is InChI=1S/C19H32N6O3/c1-13(2)7-8-21-18(28)19(3)12-25-15(17(27)24(19)6)11-14(22-25)16(26)20-9-10-23(4)5/h11,13H,7-10,12H2,1-6H3,(H,20,26)(H,21,28). The Hall–Kier alpha value is -2.42. The second-order valence-electron chi connectivity index (χ2n) is 8.21. The van der Waals surface area contributed by atoms with E-state index in [1.54, 1.807) is 14.0 Å². The van der Waals surface area contributed by atoms with Gasteiger partial charge in [-0.3, -0.25) is 19.1 Å². The van der Waals surface area contributed by atoms with Crippen LogP contribution in [-0.4, -0.2) is 83.6 Å². The van der Waals surface area contributed by atoms with Crippen LogP contribution in [0.15, 0.2) is 6.07 Å². The topological polar surface area (TPSA) is 99.6 Å². The van der Waals surface area contributed by atoms with E-state index in [1.807, 2.05) is 19.0 Å². The Bertz CT molecular complexity index is 742. The molecule has 1 aromatic heterocycles. The van der Waals surface area contributed by atoms with E-state index in [9.17, 15) is 14.4 Å². The first-order valence-corrected chi connectivity index (χ1v) is 9.63. The summed E-state index contributed by atoms with van der Waals surface area (Å²) in [4.78, 5) is 41.3. The number of nitrogens with zero attached hydrogens (tertiary/aromatic N) is 4. The molecule has 9 heteroatoms. The minimum atomic E-state index is -1.06. The maximum absolute atomic E-state index is 12.8. The number of likely N-dealkylation sites (N-methyl/N-ethyl adjacent to an activating group) is 2. The van der Waals surface area contributed by atoms with Gasteiger partial charge in [0.15, 0.2) is 5.69 Å². The van der Waals surface area contributed by atoms with Gasteiger partial charge in [0.25, 0.3) is 11.8 Å². The third-order valence-corrected chi connectivity index (χ3v) is 5.08. The van der Waals surface area contributed by atoms with Gasteiger partial charge in [0.1, 0.15) is 11.2 Å². The van der Waals surface area contributed by atoms with Gasteiger partial charge in [0.2, 0.25) is 5.91 Å². The molecule has 156 valence electrons. The van der Waals surface area contributed by atoms with Crippen molar-refractivity contribution in [3.63, 3.8) is 0 Å². The predicted octanol–water partition coefficient (Wildman–Crippen LogP) is 0.181. The molecule has 2 N–H and O–H groups in total. The number of carbonyl (C=O) groups excluding carboxylic acids is 3. The molecule has 1 aliphatic heterocycles. The maximum Gasteiger partial charge on any atom is 0.272 e. The van der Waals surface area contributed by atoms with Crippen LogP contribution in [0.2, 0.25) is 0 Å². The van der Waals surface area contributed by atoms with E-state index in [0.29, 0.717) is 31.2 Å². The molecule has 3 amide bonds. The van der Waals surface area contributed by atoms with Crippen LogP contribution < -0.4 is 10.6 Å². The van der Waals surface area contributed by atoms with E-state index in [0.717, 1.165) is 6.42 Å². The summed E-state index contributed by atoms with van der Waals surface area (Å²) in [6.07, 6.45) is 0.865. The van der Waals surface area contributed by atoms with Crippen molar-refractivity contribution in [2.75, 3.05) is 40.8 Å². The molecule has 0 fully saturated rings. The van der Waals surface area contributed by atoms with Gasteiger partial charge in [-0.15, -0.1) is 0 Å². The lowest BCUT2D eigenvalue weighted by Crippen LogP contribution is -2.62. The number of aromatic nitrogens is 2. The van der Waals surface area contributed by atoms with Gasteiger partial charge in [-0.2, -0.15) is 5.10 Å². The highest BCUT2D eigenvalue weighted by Crippen LogP contribution is 2.26. The lowest BCUT2D eigenvalue weighted by Gasteiger charge is -2.40. The van der Waals surface area contributed by atoms with Crippen molar-refractivity contribution in [2.45, 2.75) is 39.3 Å². The quantitative estimate of drug-likeness (QED) is 0.658. The van der Waals surface area contributed by atoms with Crippen LogP contribution >= 0.6 is 0 Å². The van der Waals surface area contributed by atoms with Crippen molar-refractivity contribution in [1.82, 2.24) is 30.2 Å². The van der Waals surface area contributed by atoms with Crippen molar-refractivity contribution in [3.8, 4) is 0 Å². The number of nitrogens with one attached hydrogen (secondary N) is 2. The molecular weight excluding hydrogens is 360 g/mol. The first kappa shape index (κ1) is 21.9. The summed E-state index contributed by atoms with van der Waals surface area (Å²) in [5, 5.41) is 9.99. The van der Waals surface area contributed by atoms with Gasteiger partial charge in [-0.05, 0) is 33.4 Å². The van der Waals surface area contributed by atoms with Crippen LogP contribution in [0.25, 0.3) is 0 Å². The monoisotopic (exact) mass is 392 g/mol. The normalized spacial score (nSPS) is 19.1. The van der Waals surface area contributed by atoms with E-state index >= 15 is 0 Å². The Labute approximate surface area is 166 Å². The molecule has 28 heavy (non-hydrogen) atoms. The SMILES string of the molecule is CC(C)CCNC(=O)C1(C)Cn2nc(C(=O)NCCN(C)C)cc2C(=O)N1C. The summed E-state index contributed by atoms with van der Waals surface area (Å²) in [7, 11) is 5.45. The lowest BCUT2D eigenvalue weighted by atomic mass is 9.95. The van der Waals surface area contributed by atoms with E-state index in [-0.39, 0.29) is 30.0 Å². The maximum atomic E-state index is 12.8. The summed E-state index contributed by atoms with van der Waals surface area (Å²) >= 11 is 0. The summed E-state index contributed by atoms with van der Waals surface area (Å²) in [6.45, 7) is 7.84. The molecule has 0 aromatic carbocycles. The minimum absolute atomic E-state index is 0.181. The first-order chi connectivity index (χ1) is 13.1. The molecule has 0 radical (unpaired) electrons. The van der Waals surface area contributed by atoms with Gasteiger partial charge >= 0.3 is 0 Å². The zero-order chi connectivity index (χ0) is 21.1. The fraction of sp³-hybridized carbons (Fsp3) is 0.684. The van der Waals surface area contributed by atoms with E-state index in [4.69, 9.17) is 0 Å². The van der Waals surface area contributed by atoms with Crippen LogP contribution in [0.4, 0.5) is 0 Å². The van der Waals surface area contributed by atoms with Crippen molar-refractivity contribution in [2.24, 2.45) is 5.92 Å². The highest BCUT2D eigenvalue weighted by Gasteiger charge is 2.46.